The fraction of sp³-hybridized carbons (Fsp3) is 0.364. The molecule has 1 saturated heterocycles. The third-order valence-electron chi connectivity index (χ3n) is 5.40. The smallest absolute Gasteiger partial charge is 0.159 e. The van der Waals surface area contributed by atoms with Crippen molar-refractivity contribution < 1.29 is 8.78 Å². The molecule has 1 heterocycles. The summed E-state index contributed by atoms with van der Waals surface area (Å²) in [5.41, 5.74) is 5.48. The quantitative estimate of drug-likeness (QED) is 0.550. The standard InChI is InChI=1S/C22H26F2Si/c1-2-13-25-14-11-18(12-15-25)4-3-17-5-7-19(8-6-17)20-9-10-21(23)22(24)16-20/h2,5-10,13,16,18,25H,3-4,11-12,14-15H2,1H3/b13-2+. The van der Waals surface area contributed by atoms with Crippen molar-refractivity contribution in [1.82, 2.24) is 0 Å². The Hall–Kier alpha value is -1.74. The van der Waals surface area contributed by atoms with Crippen LogP contribution in [0.3, 0.4) is 0 Å². The number of halogens is 2. The average molecular weight is 357 g/mol. The first-order valence-electron chi connectivity index (χ1n) is 9.33. The van der Waals surface area contributed by atoms with Gasteiger partial charge in [0.05, 0.1) is 8.80 Å². The van der Waals surface area contributed by atoms with Crippen LogP contribution in [0.1, 0.15) is 31.7 Å². The molecular weight excluding hydrogens is 330 g/mol. The lowest BCUT2D eigenvalue weighted by Crippen LogP contribution is -2.19. The van der Waals surface area contributed by atoms with E-state index in [9.17, 15) is 8.78 Å². The molecule has 3 heteroatoms. The van der Waals surface area contributed by atoms with Gasteiger partial charge in [-0.25, -0.2) is 8.78 Å². The first-order chi connectivity index (χ1) is 12.2. The van der Waals surface area contributed by atoms with E-state index in [4.69, 9.17) is 0 Å². The maximum atomic E-state index is 13.4. The minimum absolute atomic E-state index is 0.551. The molecule has 0 atom stereocenters. The van der Waals surface area contributed by atoms with E-state index in [0.29, 0.717) is 0 Å². The van der Waals surface area contributed by atoms with Gasteiger partial charge in [-0.15, -0.1) is 5.70 Å². The molecule has 0 spiro atoms. The molecular formula is C22H26F2Si. The molecule has 0 aliphatic carbocycles. The van der Waals surface area contributed by atoms with E-state index in [0.717, 1.165) is 23.5 Å². The molecule has 1 aliphatic rings. The Bertz CT molecular complexity index is 713. The fourth-order valence-electron chi connectivity index (χ4n) is 3.85. The highest BCUT2D eigenvalue weighted by molar-refractivity contribution is 6.64. The highest BCUT2D eigenvalue weighted by Gasteiger charge is 2.20. The minimum Gasteiger partial charge on any atom is -0.204 e. The molecule has 0 aromatic heterocycles. The first kappa shape index (κ1) is 18.1. The minimum atomic E-state index is -0.799. The third-order valence-corrected chi connectivity index (χ3v) is 8.48. The van der Waals surface area contributed by atoms with E-state index >= 15 is 0 Å². The summed E-state index contributed by atoms with van der Waals surface area (Å²) >= 11 is 0. The van der Waals surface area contributed by atoms with Crippen LogP contribution in [-0.2, 0) is 6.42 Å². The summed E-state index contributed by atoms with van der Waals surface area (Å²) in [5.74, 6) is -0.717. The molecule has 0 N–H and O–H groups in total. The number of benzene rings is 2. The highest BCUT2D eigenvalue weighted by atomic mass is 28.3. The van der Waals surface area contributed by atoms with E-state index in [1.165, 1.54) is 49.0 Å². The molecule has 0 radical (unpaired) electrons. The van der Waals surface area contributed by atoms with Crippen LogP contribution < -0.4 is 0 Å². The summed E-state index contributed by atoms with van der Waals surface area (Å²) in [6.07, 6.45) is 7.41. The lowest BCUT2D eigenvalue weighted by Gasteiger charge is -2.25. The van der Waals surface area contributed by atoms with Gasteiger partial charge in [-0.2, -0.15) is 0 Å². The molecule has 132 valence electrons. The largest absolute Gasteiger partial charge is 0.204 e. The molecule has 0 saturated carbocycles. The number of hydrogen-bond acceptors (Lipinski definition) is 0. The monoisotopic (exact) mass is 356 g/mol. The van der Waals surface area contributed by atoms with Crippen molar-refractivity contribution in [3.63, 3.8) is 0 Å². The molecule has 1 aliphatic heterocycles. The number of allylic oxidation sites excluding steroid dienone is 1. The molecule has 2 aromatic carbocycles. The molecule has 0 amide bonds. The zero-order valence-electron chi connectivity index (χ0n) is 14.8. The van der Waals surface area contributed by atoms with E-state index < -0.39 is 20.4 Å². The highest BCUT2D eigenvalue weighted by Crippen LogP contribution is 2.29. The molecule has 0 nitrogen and oxygen atoms in total. The molecule has 1 fully saturated rings. The second kappa shape index (κ2) is 8.57. The van der Waals surface area contributed by atoms with Crippen molar-refractivity contribution in [3.05, 3.63) is 71.4 Å². The van der Waals surface area contributed by atoms with E-state index in [2.05, 4.69) is 30.8 Å². The SMILES string of the molecule is C/C=C/[SiH]1CCC(CCc2ccc(-c3ccc(F)c(F)c3)cc2)CC1. The zero-order valence-corrected chi connectivity index (χ0v) is 16.0. The Morgan fingerprint density at radius 2 is 1.64 bits per heavy atom. The summed E-state index contributed by atoms with van der Waals surface area (Å²) < 4.78 is 26.4. The zero-order chi connectivity index (χ0) is 17.6. The maximum absolute atomic E-state index is 13.4. The normalized spacial score (nSPS) is 20.9. The lowest BCUT2D eigenvalue weighted by atomic mass is 9.93. The van der Waals surface area contributed by atoms with Gasteiger partial charge in [0.1, 0.15) is 0 Å². The predicted molar refractivity (Wildman–Crippen MR) is 104 cm³/mol. The fourth-order valence-corrected chi connectivity index (χ4v) is 6.87. The van der Waals surface area contributed by atoms with Crippen molar-refractivity contribution in [3.8, 4) is 11.1 Å². The second-order valence-corrected chi connectivity index (χ2v) is 10.2. The van der Waals surface area contributed by atoms with Gasteiger partial charge >= 0.3 is 0 Å². The van der Waals surface area contributed by atoms with Crippen molar-refractivity contribution in [2.24, 2.45) is 5.92 Å². The Labute approximate surface area is 151 Å². The van der Waals surface area contributed by atoms with Crippen LogP contribution in [0.4, 0.5) is 8.78 Å². The summed E-state index contributed by atoms with van der Waals surface area (Å²) in [6.45, 7) is 2.14. The van der Waals surface area contributed by atoms with E-state index in [-0.39, 0.29) is 0 Å². The summed E-state index contributed by atoms with van der Waals surface area (Å²) in [7, 11) is -0.551. The van der Waals surface area contributed by atoms with Gasteiger partial charge in [0.25, 0.3) is 0 Å². The maximum Gasteiger partial charge on any atom is 0.159 e. The Balaban J connectivity index is 1.54. The van der Waals surface area contributed by atoms with Crippen LogP contribution >= 0.6 is 0 Å². The first-order valence-corrected chi connectivity index (χ1v) is 11.6. The van der Waals surface area contributed by atoms with Gasteiger partial charge in [-0.1, -0.05) is 61.3 Å². The molecule has 0 unspecified atom stereocenters. The Morgan fingerprint density at radius 3 is 2.28 bits per heavy atom. The van der Waals surface area contributed by atoms with Gasteiger partial charge in [-0.3, -0.25) is 0 Å². The Kier molecular flexibility index (Phi) is 6.19. The third kappa shape index (κ3) is 4.88. The van der Waals surface area contributed by atoms with Crippen LogP contribution in [0, 0.1) is 17.6 Å². The van der Waals surface area contributed by atoms with Crippen LogP contribution in [0.5, 0.6) is 0 Å². The van der Waals surface area contributed by atoms with Gasteiger partial charge in [0.15, 0.2) is 11.6 Å². The summed E-state index contributed by atoms with van der Waals surface area (Å²) in [6, 6.07) is 15.3. The van der Waals surface area contributed by atoms with Gasteiger partial charge in [0.2, 0.25) is 0 Å². The van der Waals surface area contributed by atoms with Gasteiger partial charge in [-0.05, 0) is 54.5 Å². The van der Waals surface area contributed by atoms with Crippen molar-refractivity contribution in [2.45, 2.75) is 44.7 Å². The predicted octanol–water partition coefficient (Wildman–Crippen LogP) is 6.32. The van der Waals surface area contributed by atoms with Crippen molar-refractivity contribution >= 4 is 8.80 Å². The van der Waals surface area contributed by atoms with Crippen LogP contribution in [-0.4, -0.2) is 8.80 Å². The second-order valence-electron chi connectivity index (χ2n) is 7.17. The van der Waals surface area contributed by atoms with Gasteiger partial charge < -0.3 is 0 Å². The van der Waals surface area contributed by atoms with Crippen LogP contribution in [0.25, 0.3) is 11.1 Å². The van der Waals surface area contributed by atoms with Crippen LogP contribution in [0.15, 0.2) is 54.2 Å². The van der Waals surface area contributed by atoms with E-state index in [1.807, 2.05) is 12.1 Å². The molecule has 3 rings (SSSR count). The lowest BCUT2D eigenvalue weighted by molar-refractivity contribution is 0.439. The average Bonchev–Trinajstić information content (AvgIpc) is 2.64. The van der Waals surface area contributed by atoms with Gasteiger partial charge in [0, 0.05) is 0 Å². The summed E-state index contributed by atoms with van der Waals surface area (Å²) in [4.78, 5) is 0. The Morgan fingerprint density at radius 1 is 0.960 bits per heavy atom. The van der Waals surface area contributed by atoms with Crippen molar-refractivity contribution in [2.75, 3.05) is 0 Å². The summed E-state index contributed by atoms with van der Waals surface area (Å²) in [5, 5.41) is 0. The molecule has 0 bridgehead atoms. The van der Waals surface area contributed by atoms with Crippen LogP contribution in [0.2, 0.25) is 12.1 Å². The van der Waals surface area contributed by atoms with E-state index in [1.54, 1.807) is 6.07 Å². The number of rotatable bonds is 5. The number of aryl methyl sites for hydroxylation is 1. The van der Waals surface area contributed by atoms with Crippen molar-refractivity contribution in [1.29, 1.82) is 0 Å². The molecule has 25 heavy (non-hydrogen) atoms. The number of hydrogen-bond donors (Lipinski definition) is 0. The topological polar surface area (TPSA) is 0 Å². The molecule has 2 aromatic rings.